The Kier molecular flexibility index (Phi) is 52.7. The van der Waals surface area contributed by atoms with Crippen LogP contribution in [0.15, 0.2) is 0 Å². The first-order valence-corrected chi connectivity index (χ1v) is 29.0. The van der Waals surface area contributed by atoms with E-state index in [1.54, 1.807) is 0 Å². The molecule has 1 unspecified atom stereocenters. The van der Waals surface area contributed by atoms with Crippen molar-refractivity contribution in [3.05, 3.63) is 0 Å². The van der Waals surface area contributed by atoms with Gasteiger partial charge in [-0.3, -0.25) is 14.4 Å². The highest BCUT2D eigenvalue weighted by atomic mass is 16.6. The molecule has 0 saturated carbocycles. The normalized spacial score (nSPS) is 11.9. The maximum atomic E-state index is 12.8. The number of hydrogen-bond acceptors (Lipinski definition) is 6. The maximum Gasteiger partial charge on any atom is 0.306 e. The van der Waals surface area contributed by atoms with Crippen LogP contribution in [0.4, 0.5) is 0 Å². The Bertz CT molecular complexity index is 951. The first-order chi connectivity index (χ1) is 31.5. The van der Waals surface area contributed by atoms with Crippen molar-refractivity contribution in [3.63, 3.8) is 0 Å². The summed E-state index contributed by atoms with van der Waals surface area (Å²) in [6.45, 7) is 6.68. The van der Waals surface area contributed by atoms with E-state index in [1.165, 1.54) is 238 Å². The van der Waals surface area contributed by atoms with Crippen molar-refractivity contribution in [3.8, 4) is 0 Å². The number of unbranched alkanes of at least 4 members (excludes halogenated alkanes) is 43. The van der Waals surface area contributed by atoms with Gasteiger partial charge in [-0.25, -0.2) is 0 Å². The SMILES string of the molecule is CCCCCCCCCCCCCCCCCCCCCCCCCCC(=O)OCC(COC(=O)CCCCCCCCCCCCC)OC(=O)CCCCCCCCCCCCC. The number of hydrogen-bond donors (Lipinski definition) is 0. The van der Waals surface area contributed by atoms with Gasteiger partial charge < -0.3 is 14.2 Å². The molecule has 0 amide bonds. The van der Waals surface area contributed by atoms with Gasteiger partial charge in [-0.1, -0.05) is 297 Å². The lowest BCUT2D eigenvalue weighted by Gasteiger charge is -2.18. The van der Waals surface area contributed by atoms with Crippen LogP contribution in [-0.4, -0.2) is 37.2 Å². The molecule has 0 aliphatic rings. The summed E-state index contributed by atoms with van der Waals surface area (Å²) in [6.07, 6.45) is 59.7. The van der Waals surface area contributed by atoms with Crippen molar-refractivity contribution in [2.75, 3.05) is 13.2 Å². The molecule has 0 aliphatic heterocycles. The number of esters is 3. The molecule has 0 heterocycles. The number of carbonyl (C=O) groups excluding carboxylic acids is 3. The number of rotatable bonds is 54. The topological polar surface area (TPSA) is 78.9 Å². The van der Waals surface area contributed by atoms with Gasteiger partial charge >= 0.3 is 17.9 Å². The van der Waals surface area contributed by atoms with Crippen LogP contribution in [0.25, 0.3) is 0 Å². The molecule has 64 heavy (non-hydrogen) atoms. The van der Waals surface area contributed by atoms with Crippen LogP contribution in [0.1, 0.15) is 335 Å². The van der Waals surface area contributed by atoms with Crippen LogP contribution in [0.3, 0.4) is 0 Å². The molecule has 0 N–H and O–H groups in total. The minimum absolute atomic E-state index is 0.0616. The molecular formula is C58H112O6. The van der Waals surface area contributed by atoms with Crippen LogP contribution in [-0.2, 0) is 28.6 Å². The van der Waals surface area contributed by atoms with Gasteiger partial charge in [-0.2, -0.15) is 0 Å². The Morgan fingerprint density at radius 3 is 0.625 bits per heavy atom. The van der Waals surface area contributed by atoms with E-state index in [0.29, 0.717) is 19.3 Å². The standard InChI is InChI=1S/C58H112O6/c1-4-7-10-13-16-19-22-23-24-25-26-27-28-29-30-31-32-33-34-37-39-42-45-48-51-57(60)63-54-55(64-58(61)52-49-46-43-40-36-21-18-15-12-9-6-3)53-62-56(59)50-47-44-41-38-35-20-17-14-11-8-5-2/h55H,4-54H2,1-3H3. The molecule has 0 aromatic carbocycles. The Hall–Kier alpha value is -1.59. The van der Waals surface area contributed by atoms with Gasteiger partial charge in [-0.15, -0.1) is 0 Å². The third-order valence-corrected chi connectivity index (χ3v) is 13.4. The predicted molar refractivity (Wildman–Crippen MR) is 275 cm³/mol. The van der Waals surface area contributed by atoms with Crippen LogP contribution in [0.2, 0.25) is 0 Å². The minimum atomic E-state index is -0.760. The monoisotopic (exact) mass is 905 g/mol. The number of carbonyl (C=O) groups is 3. The molecule has 0 spiro atoms. The van der Waals surface area contributed by atoms with E-state index in [2.05, 4.69) is 20.8 Å². The summed E-state index contributed by atoms with van der Waals surface area (Å²) in [4.78, 5) is 38.0. The van der Waals surface area contributed by atoms with Gasteiger partial charge in [0.05, 0.1) is 0 Å². The molecule has 0 aromatic heterocycles. The third kappa shape index (κ3) is 51.4. The lowest BCUT2D eigenvalue weighted by atomic mass is 10.0. The van der Waals surface area contributed by atoms with Crippen LogP contribution < -0.4 is 0 Å². The molecule has 380 valence electrons. The molecule has 0 aromatic rings. The molecular weight excluding hydrogens is 793 g/mol. The number of ether oxygens (including phenoxy) is 3. The van der Waals surface area contributed by atoms with E-state index >= 15 is 0 Å². The first-order valence-electron chi connectivity index (χ1n) is 29.0. The van der Waals surface area contributed by atoms with Crippen molar-refractivity contribution in [2.45, 2.75) is 341 Å². The van der Waals surface area contributed by atoms with Crippen molar-refractivity contribution in [1.82, 2.24) is 0 Å². The van der Waals surface area contributed by atoms with Gasteiger partial charge in [0, 0.05) is 19.3 Å². The van der Waals surface area contributed by atoms with E-state index in [0.717, 1.165) is 57.8 Å². The van der Waals surface area contributed by atoms with E-state index in [-0.39, 0.29) is 31.1 Å². The van der Waals surface area contributed by atoms with Crippen molar-refractivity contribution >= 4 is 17.9 Å². The largest absolute Gasteiger partial charge is 0.462 e. The zero-order valence-corrected chi connectivity index (χ0v) is 43.6. The summed E-state index contributed by atoms with van der Waals surface area (Å²) < 4.78 is 16.8. The summed E-state index contributed by atoms with van der Waals surface area (Å²) in [7, 11) is 0. The predicted octanol–water partition coefficient (Wildman–Crippen LogP) is 19.2. The van der Waals surface area contributed by atoms with Crippen molar-refractivity contribution in [2.24, 2.45) is 0 Å². The highest BCUT2D eigenvalue weighted by molar-refractivity contribution is 5.71. The summed E-state index contributed by atoms with van der Waals surface area (Å²) >= 11 is 0. The Labute approximate surface area is 399 Å². The molecule has 0 radical (unpaired) electrons. The quantitative estimate of drug-likeness (QED) is 0.0344. The van der Waals surface area contributed by atoms with Crippen LogP contribution in [0.5, 0.6) is 0 Å². The van der Waals surface area contributed by atoms with Gasteiger partial charge in [0.25, 0.3) is 0 Å². The molecule has 0 rings (SSSR count). The van der Waals surface area contributed by atoms with Crippen molar-refractivity contribution < 1.29 is 28.6 Å². The van der Waals surface area contributed by atoms with Gasteiger partial charge in [-0.05, 0) is 19.3 Å². The fraction of sp³-hybridized carbons (Fsp3) is 0.948. The lowest BCUT2D eigenvalue weighted by molar-refractivity contribution is -0.167. The smallest absolute Gasteiger partial charge is 0.306 e. The Morgan fingerprint density at radius 2 is 0.422 bits per heavy atom. The van der Waals surface area contributed by atoms with Crippen LogP contribution >= 0.6 is 0 Å². The van der Waals surface area contributed by atoms with Gasteiger partial charge in [0.2, 0.25) is 0 Å². The summed E-state index contributed by atoms with van der Waals surface area (Å²) in [5.74, 6) is -0.838. The van der Waals surface area contributed by atoms with Crippen molar-refractivity contribution in [1.29, 1.82) is 0 Å². The van der Waals surface area contributed by atoms with E-state index < -0.39 is 6.10 Å². The zero-order chi connectivity index (χ0) is 46.5. The highest BCUT2D eigenvalue weighted by Gasteiger charge is 2.19. The maximum absolute atomic E-state index is 12.8. The summed E-state index contributed by atoms with van der Waals surface area (Å²) in [5.41, 5.74) is 0. The zero-order valence-electron chi connectivity index (χ0n) is 43.6. The molecule has 0 aliphatic carbocycles. The highest BCUT2D eigenvalue weighted by Crippen LogP contribution is 2.18. The van der Waals surface area contributed by atoms with E-state index in [4.69, 9.17) is 14.2 Å². The molecule has 6 nitrogen and oxygen atoms in total. The Balaban J connectivity index is 4.11. The molecule has 1 atom stereocenters. The lowest BCUT2D eigenvalue weighted by Crippen LogP contribution is -2.30. The van der Waals surface area contributed by atoms with Gasteiger partial charge in [0.1, 0.15) is 13.2 Å². The molecule has 6 heteroatoms. The second-order valence-electron chi connectivity index (χ2n) is 19.9. The van der Waals surface area contributed by atoms with Gasteiger partial charge in [0.15, 0.2) is 6.10 Å². The fourth-order valence-corrected chi connectivity index (χ4v) is 8.98. The second-order valence-corrected chi connectivity index (χ2v) is 19.9. The fourth-order valence-electron chi connectivity index (χ4n) is 8.98. The van der Waals surface area contributed by atoms with Crippen LogP contribution in [0, 0.1) is 0 Å². The Morgan fingerprint density at radius 1 is 0.250 bits per heavy atom. The average molecular weight is 906 g/mol. The van der Waals surface area contributed by atoms with E-state index in [9.17, 15) is 14.4 Å². The molecule has 0 saturated heterocycles. The third-order valence-electron chi connectivity index (χ3n) is 13.4. The second kappa shape index (κ2) is 54.0. The van der Waals surface area contributed by atoms with E-state index in [1.807, 2.05) is 0 Å². The molecule has 0 fully saturated rings. The summed E-state index contributed by atoms with van der Waals surface area (Å²) in [5, 5.41) is 0. The minimum Gasteiger partial charge on any atom is -0.462 e. The molecule has 0 bridgehead atoms. The summed E-state index contributed by atoms with van der Waals surface area (Å²) in [6, 6.07) is 0. The first kappa shape index (κ1) is 62.4. The average Bonchev–Trinajstić information content (AvgIpc) is 3.29.